The molecule has 144 valence electrons. The SMILES string of the molecule is OCCCSc1nnc(CSc2nc3ccccc3s2)n1Cc1ccccc1. The Kier molecular flexibility index (Phi) is 6.64. The van der Waals surface area contributed by atoms with E-state index < -0.39 is 0 Å². The molecule has 0 atom stereocenters. The monoisotopic (exact) mass is 428 g/mol. The number of nitrogens with zero attached hydrogens (tertiary/aromatic N) is 4. The van der Waals surface area contributed by atoms with Gasteiger partial charge in [-0.2, -0.15) is 0 Å². The van der Waals surface area contributed by atoms with Crippen LogP contribution in [0.1, 0.15) is 17.8 Å². The van der Waals surface area contributed by atoms with Crippen LogP contribution in [0.5, 0.6) is 0 Å². The summed E-state index contributed by atoms with van der Waals surface area (Å²) in [7, 11) is 0. The predicted molar refractivity (Wildman–Crippen MR) is 117 cm³/mol. The predicted octanol–water partition coefficient (Wildman–Crippen LogP) is 4.70. The molecular formula is C20H20N4OS3. The van der Waals surface area contributed by atoms with E-state index in [-0.39, 0.29) is 6.61 Å². The molecule has 0 radical (unpaired) electrons. The van der Waals surface area contributed by atoms with E-state index >= 15 is 0 Å². The lowest BCUT2D eigenvalue weighted by Crippen LogP contribution is -2.06. The first-order valence-corrected chi connectivity index (χ1v) is 11.8. The highest BCUT2D eigenvalue weighted by Gasteiger charge is 2.14. The van der Waals surface area contributed by atoms with Crippen LogP contribution in [0.15, 0.2) is 64.1 Å². The maximum atomic E-state index is 9.06. The Balaban J connectivity index is 1.52. The summed E-state index contributed by atoms with van der Waals surface area (Å²) >= 11 is 5.06. The summed E-state index contributed by atoms with van der Waals surface area (Å²) in [5, 5.41) is 18.8. The number of para-hydroxylation sites is 1. The van der Waals surface area contributed by atoms with Gasteiger partial charge in [-0.3, -0.25) is 0 Å². The molecule has 2 aromatic carbocycles. The standard InChI is InChI=1S/C20H20N4OS3/c25-11-6-12-26-19-23-22-18(24(19)13-15-7-2-1-3-8-15)14-27-20-21-16-9-4-5-10-17(16)28-20/h1-5,7-10,25H,6,11-14H2. The molecule has 0 aliphatic rings. The molecule has 28 heavy (non-hydrogen) atoms. The second-order valence-electron chi connectivity index (χ2n) is 6.13. The number of aliphatic hydroxyl groups excluding tert-OH is 1. The van der Waals surface area contributed by atoms with E-state index in [1.165, 1.54) is 10.3 Å². The van der Waals surface area contributed by atoms with E-state index in [0.717, 1.165) is 45.3 Å². The van der Waals surface area contributed by atoms with Crippen molar-refractivity contribution in [2.45, 2.75) is 28.2 Å². The molecular weight excluding hydrogens is 408 g/mol. The fourth-order valence-corrected chi connectivity index (χ4v) is 5.61. The van der Waals surface area contributed by atoms with Crippen LogP contribution >= 0.6 is 34.9 Å². The van der Waals surface area contributed by atoms with Gasteiger partial charge >= 0.3 is 0 Å². The second-order valence-corrected chi connectivity index (χ2v) is 9.45. The van der Waals surface area contributed by atoms with E-state index in [0.29, 0.717) is 0 Å². The minimum atomic E-state index is 0.195. The number of thiazole rings is 1. The first-order chi connectivity index (χ1) is 13.8. The molecule has 4 aromatic rings. The number of hydrogen-bond donors (Lipinski definition) is 1. The van der Waals surface area contributed by atoms with Gasteiger partial charge in [0.2, 0.25) is 0 Å². The first kappa shape index (κ1) is 19.4. The molecule has 4 rings (SSSR count). The molecule has 5 nitrogen and oxygen atoms in total. The van der Waals surface area contributed by atoms with E-state index in [1.807, 2.05) is 36.4 Å². The van der Waals surface area contributed by atoms with E-state index in [1.54, 1.807) is 34.9 Å². The Morgan fingerprint density at radius 1 is 0.964 bits per heavy atom. The van der Waals surface area contributed by atoms with Crippen molar-refractivity contribution in [3.05, 3.63) is 66.0 Å². The zero-order chi connectivity index (χ0) is 19.2. The maximum absolute atomic E-state index is 9.06. The van der Waals surface area contributed by atoms with E-state index in [2.05, 4.69) is 33.0 Å². The third kappa shape index (κ3) is 4.75. The van der Waals surface area contributed by atoms with Crippen LogP contribution in [0.2, 0.25) is 0 Å². The molecule has 0 spiro atoms. The van der Waals surface area contributed by atoms with Gasteiger partial charge in [0.05, 0.1) is 22.5 Å². The van der Waals surface area contributed by atoms with Crippen LogP contribution in [0.3, 0.4) is 0 Å². The number of hydrogen-bond acceptors (Lipinski definition) is 7. The van der Waals surface area contributed by atoms with Crippen LogP contribution in [0, 0.1) is 0 Å². The zero-order valence-electron chi connectivity index (χ0n) is 15.2. The molecule has 1 N–H and O–H groups in total. The van der Waals surface area contributed by atoms with Gasteiger partial charge in [0, 0.05) is 12.4 Å². The molecule has 0 unspecified atom stereocenters. The van der Waals surface area contributed by atoms with Gasteiger partial charge in [-0.15, -0.1) is 21.5 Å². The van der Waals surface area contributed by atoms with Crippen molar-refractivity contribution in [2.24, 2.45) is 0 Å². The average Bonchev–Trinajstić information content (AvgIpc) is 3.31. The Morgan fingerprint density at radius 3 is 2.61 bits per heavy atom. The fraction of sp³-hybridized carbons (Fsp3) is 0.250. The highest BCUT2D eigenvalue weighted by Crippen LogP contribution is 2.32. The highest BCUT2D eigenvalue weighted by atomic mass is 32.2. The zero-order valence-corrected chi connectivity index (χ0v) is 17.6. The number of fused-ring (bicyclic) bond motifs is 1. The summed E-state index contributed by atoms with van der Waals surface area (Å²) in [4.78, 5) is 4.70. The smallest absolute Gasteiger partial charge is 0.191 e. The van der Waals surface area contributed by atoms with Gasteiger partial charge in [0.1, 0.15) is 5.82 Å². The summed E-state index contributed by atoms with van der Waals surface area (Å²) in [6.45, 7) is 0.936. The van der Waals surface area contributed by atoms with Crippen LogP contribution in [-0.4, -0.2) is 37.2 Å². The Morgan fingerprint density at radius 2 is 1.79 bits per heavy atom. The Bertz CT molecular complexity index is 999. The van der Waals surface area contributed by atoms with Gasteiger partial charge in [-0.1, -0.05) is 66.0 Å². The number of rotatable bonds is 9. The minimum Gasteiger partial charge on any atom is -0.396 e. The molecule has 8 heteroatoms. The summed E-state index contributed by atoms with van der Waals surface area (Å²) in [6, 6.07) is 18.6. The van der Waals surface area contributed by atoms with Gasteiger partial charge in [-0.25, -0.2) is 4.98 Å². The number of thioether (sulfide) groups is 2. The molecule has 0 bridgehead atoms. The molecule has 0 amide bonds. The van der Waals surface area contributed by atoms with Crippen molar-refractivity contribution >= 4 is 45.1 Å². The topological polar surface area (TPSA) is 63.8 Å². The first-order valence-electron chi connectivity index (χ1n) is 9.01. The van der Waals surface area contributed by atoms with Crippen molar-refractivity contribution in [3.63, 3.8) is 0 Å². The minimum absolute atomic E-state index is 0.195. The normalized spacial score (nSPS) is 11.3. The van der Waals surface area contributed by atoms with Crippen LogP contribution in [-0.2, 0) is 12.3 Å². The summed E-state index contributed by atoms with van der Waals surface area (Å²) in [5.74, 6) is 2.49. The van der Waals surface area contributed by atoms with Crippen molar-refractivity contribution in [1.82, 2.24) is 19.7 Å². The van der Waals surface area contributed by atoms with Crippen LogP contribution in [0.4, 0.5) is 0 Å². The van der Waals surface area contributed by atoms with Gasteiger partial charge in [0.15, 0.2) is 9.50 Å². The third-order valence-corrected chi connectivity index (χ3v) is 7.34. The number of benzene rings is 2. The lowest BCUT2D eigenvalue weighted by Gasteiger charge is -2.10. The van der Waals surface area contributed by atoms with Crippen LogP contribution in [0.25, 0.3) is 10.2 Å². The van der Waals surface area contributed by atoms with Gasteiger partial charge in [0.25, 0.3) is 0 Å². The fourth-order valence-electron chi connectivity index (χ4n) is 2.72. The number of aliphatic hydroxyl groups is 1. The third-order valence-electron chi connectivity index (χ3n) is 4.11. The lowest BCUT2D eigenvalue weighted by atomic mass is 10.2. The van der Waals surface area contributed by atoms with Crippen LogP contribution < -0.4 is 0 Å². The lowest BCUT2D eigenvalue weighted by molar-refractivity contribution is 0.296. The van der Waals surface area contributed by atoms with Crippen molar-refractivity contribution < 1.29 is 5.11 Å². The molecule has 2 aromatic heterocycles. The quantitative estimate of drug-likeness (QED) is 0.308. The summed E-state index contributed by atoms with van der Waals surface area (Å²) < 4.78 is 4.43. The van der Waals surface area contributed by atoms with Crippen molar-refractivity contribution in [2.75, 3.05) is 12.4 Å². The van der Waals surface area contributed by atoms with Gasteiger partial charge in [-0.05, 0) is 24.1 Å². The molecule has 2 heterocycles. The Labute approximate surface area is 176 Å². The number of aromatic nitrogens is 4. The molecule has 0 saturated heterocycles. The van der Waals surface area contributed by atoms with Gasteiger partial charge < -0.3 is 9.67 Å². The maximum Gasteiger partial charge on any atom is 0.191 e. The molecule has 0 aliphatic heterocycles. The van der Waals surface area contributed by atoms with E-state index in [9.17, 15) is 0 Å². The van der Waals surface area contributed by atoms with Crippen molar-refractivity contribution in [3.8, 4) is 0 Å². The van der Waals surface area contributed by atoms with E-state index in [4.69, 9.17) is 10.1 Å². The summed E-state index contributed by atoms with van der Waals surface area (Å²) in [5.41, 5.74) is 2.26. The molecule has 0 aliphatic carbocycles. The average molecular weight is 429 g/mol. The highest BCUT2D eigenvalue weighted by molar-refractivity contribution is 8.00. The largest absolute Gasteiger partial charge is 0.396 e. The summed E-state index contributed by atoms with van der Waals surface area (Å²) in [6.07, 6.45) is 0.749. The second kappa shape index (κ2) is 9.56. The Hall–Kier alpha value is -1.87. The van der Waals surface area contributed by atoms with Crippen molar-refractivity contribution in [1.29, 1.82) is 0 Å². The molecule has 0 fully saturated rings. The molecule has 0 saturated carbocycles.